The molecule has 2 aliphatic heterocycles. The molecule has 0 radical (unpaired) electrons. The maximum absolute atomic E-state index is 15.4. The molecule has 2 saturated heterocycles. The Bertz CT molecular complexity index is 3850. The molecule has 22 N–H and O–H groups in total. The van der Waals surface area contributed by atoms with E-state index in [0.717, 1.165) is 55.4 Å². The quantitative estimate of drug-likeness (QED) is 0.00947. The number of hydrogen-bond donors (Lipinski definition) is 17. The number of carbonyl (C=O) groups excluding carboxylic acids is 18. The maximum Gasteiger partial charge on any atom is 0.305 e. The van der Waals surface area contributed by atoms with E-state index in [0.29, 0.717) is 5.56 Å². The van der Waals surface area contributed by atoms with E-state index >= 15 is 9.59 Å². The number of esters is 7. The number of benzene rings is 1. The number of carboxylic acids is 1. The van der Waals surface area contributed by atoms with Gasteiger partial charge in [0.05, 0.1) is 32.2 Å². The van der Waals surface area contributed by atoms with Gasteiger partial charge >= 0.3 is 47.8 Å². The fourth-order valence-electron chi connectivity index (χ4n) is 11.8. The second-order valence-corrected chi connectivity index (χ2v) is 28.2. The molecular formula is C73H111N15O33. The summed E-state index contributed by atoms with van der Waals surface area (Å²) in [4.78, 5) is 258. The number of guanidine groups is 1. The van der Waals surface area contributed by atoms with Crippen LogP contribution in [0.5, 0.6) is 5.75 Å². The summed E-state index contributed by atoms with van der Waals surface area (Å²) in [5, 5.41) is 50.7. The lowest BCUT2D eigenvalue weighted by Gasteiger charge is -2.48. The lowest BCUT2D eigenvalue weighted by Crippen LogP contribution is -2.67. The number of nitrogens with zero attached hydrogens (tertiary/aromatic N) is 1. The van der Waals surface area contributed by atoms with Gasteiger partial charge in [-0.25, -0.2) is 0 Å². The molecule has 0 aliphatic carbocycles. The first kappa shape index (κ1) is 103. The molecule has 676 valence electrons. The Morgan fingerprint density at radius 2 is 0.950 bits per heavy atom. The number of amides is 11. The van der Waals surface area contributed by atoms with Crippen LogP contribution in [0.25, 0.3) is 0 Å². The van der Waals surface area contributed by atoms with Gasteiger partial charge < -0.3 is 144 Å². The van der Waals surface area contributed by atoms with Gasteiger partial charge in [-0.15, -0.1) is 0 Å². The second kappa shape index (κ2) is 50.8. The first-order valence-electron chi connectivity index (χ1n) is 38.1. The van der Waals surface area contributed by atoms with Crippen molar-refractivity contribution in [2.24, 2.45) is 45.5 Å². The van der Waals surface area contributed by atoms with Crippen LogP contribution in [0.4, 0.5) is 0 Å². The highest BCUT2D eigenvalue weighted by Gasteiger charge is 2.58. The van der Waals surface area contributed by atoms with Crippen LogP contribution in [0.2, 0.25) is 0 Å². The van der Waals surface area contributed by atoms with Crippen molar-refractivity contribution < 1.29 is 159 Å². The van der Waals surface area contributed by atoms with Crippen molar-refractivity contribution in [3.63, 3.8) is 0 Å². The fraction of sp³-hybridized carbons (Fsp3) is 0.644. The monoisotopic (exact) mass is 1730 g/mol. The first-order chi connectivity index (χ1) is 56.7. The van der Waals surface area contributed by atoms with E-state index in [1.165, 1.54) is 38.1 Å². The number of ether oxygens (including phenoxy) is 11. The molecule has 1 aromatic carbocycles. The number of nitrogens with one attached hydrogen (secondary N) is 9. The van der Waals surface area contributed by atoms with Gasteiger partial charge in [0.2, 0.25) is 65.0 Å². The summed E-state index contributed by atoms with van der Waals surface area (Å²) in [5.41, 5.74) is 27.9. The predicted octanol–water partition coefficient (Wildman–Crippen LogP) is -7.72. The molecule has 121 heavy (non-hydrogen) atoms. The van der Waals surface area contributed by atoms with E-state index in [9.17, 15) is 96.8 Å². The summed E-state index contributed by atoms with van der Waals surface area (Å²) >= 11 is 0. The Labute approximate surface area is 693 Å². The van der Waals surface area contributed by atoms with Crippen molar-refractivity contribution in [2.75, 3.05) is 39.5 Å². The molecule has 11 amide bonds. The Morgan fingerprint density at radius 1 is 0.496 bits per heavy atom. The number of aliphatic hydroxyl groups excluding tert-OH is 1. The molecule has 0 unspecified atom stereocenters. The number of aliphatic imine (C=N–C) groups is 1. The van der Waals surface area contributed by atoms with Gasteiger partial charge in [-0.2, -0.15) is 0 Å². The summed E-state index contributed by atoms with van der Waals surface area (Å²) in [5.74, 6) is -23.7. The molecule has 0 bridgehead atoms. The average molecular weight is 1730 g/mol. The summed E-state index contributed by atoms with van der Waals surface area (Å²) in [6.07, 6.45) is -22.4. The van der Waals surface area contributed by atoms with Crippen molar-refractivity contribution in [3.05, 3.63) is 29.8 Å². The highest BCUT2D eigenvalue weighted by Crippen LogP contribution is 2.36. The molecule has 2 aliphatic rings. The van der Waals surface area contributed by atoms with Crippen LogP contribution >= 0.6 is 0 Å². The molecule has 48 nitrogen and oxygen atoms in total. The minimum Gasteiger partial charge on any atom is -0.508 e. The van der Waals surface area contributed by atoms with Crippen LogP contribution in [0.3, 0.4) is 0 Å². The van der Waals surface area contributed by atoms with Gasteiger partial charge in [-0.05, 0) is 55.7 Å². The SMILES string of the molecule is CC[C@H](C)[C@H](NC(=O)CNC(=O)[C@H](Cc1ccc(O)cc1)NC(=O)[C@@H](N)CC(=O)O)C(=O)N[C@@H](CO[C@@H]1O[C@H](COC(C)=O)[C@H](O[C@H]2O[C@H](COC(C)=O)[C@H](OC(C)=O)[C@H](OC(C)=O)[C@H]2OC(C)=O)[C@H](OC(C)=O)[C@H]1OC(C)=O)C(=O)N[C@@H](CCC(N)=O)C(=O)N[C@H](C(=O)N[C@@H](C)C(=O)N[C@@H](CO)C(=O)N[C@@H](CCCN=C(N)N)C(N)=O)[C@@H](C)CC. The molecule has 48 heteroatoms. The van der Waals surface area contributed by atoms with Crippen LogP contribution in [0.15, 0.2) is 29.3 Å². The first-order valence-corrected chi connectivity index (χ1v) is 38.1. The number of aliphatic carboxylic acids is 1. The van der Waals surface area contributed by atoms with Crippen LogP contribution in [0, 0.1) is 11.8 Å². The van der Waals surface area contributed by atoms with E-state index in [1.807, 2.05) is 0 Å². The van der Waals surface area contributed by atoms with Gasteiger partial charge in [0, 0.05) is 67.9 Å². The zero-order valence-corrected chi connectivity index (χ0v) is 68.8. The fourth-order valence-corrected chi connectivity index (χ4v) is 11.8. The number of aliphatic hydroxyl groups is 1. The van der Waals surface area contributed by atoms with Crippen LogP contribution in [-0.2, 0) is 150 Å². The topological polar surface area (TPSA) is 737 Å². The largest absolute Gasteiger partial charge is 0.508 e. The number of aromatic hydroxyl groups is 1. The lowest BCUT2D eigenvalue weighted by atomic mass is 9.96. The number of phenolic OH excluding ortho intramolecular Hbond substituents is 1. The van der Waals surface area contributed by atoms with E-state index in [4.69, 9.17) is 80.8 Å². The number of rotatable bonds is 49. The summed E-state index contributed by atoms with van der Waals surface area (Å²) in [6.45, 7) is 8.65. The lowest BCUT2D eigenvalue weighted by molar-refractivity contribution is -0.361. The van der Waals surface area contributed by atoms with Crippen molar-refractivity contribution in [1.82, 2.24) is 47.9 Å². The van der Waals surface area contributed by atoms with Crippen LogP contribution in [0.1, 0.15) is 134 Å². The number of hydrogen-bond acceptors (Lipinski definition) is 34. The second-order valence-electron chi connectivity index (χ2n) is 28.2. The number of nitrogens with two attached hydrogens (primary N) is 5. The Morgan fingerprint density at radius 3 is 1.45 bits per heavy atom. The summed E-state index contributed by atoms with van der Waals surface area (Å²) < 4.78 is 63.8. The standard InChI is InChI=1S/C73H111N15O33/c1-13-31(3)54(87-52(99)26-80-65(105)46(24-41-17-19-42(97)20-18-41)84-64(104)43(74)25-53(100)101)70(110)86-48(68(108)83-45(21-22-51(75)98)66(106)88-55(32(4)14-2)69(109)81-33(5)63(103)85-47(27-89)67(107)82-44(62(76)102)16-15-23-79-73(77)78)28-113-71-60(117-39(11)95)59(116-38(10)94)57(50(119-71)30-112-35(7)91)121-72-61(118-40(12)96)58(115-37(9)93)56(114-36(8)92)49(120-72)29-111-34(6)90/h17-20,31-33,43-50,54-61,71-72,89,97H,13-16,21-30,74H2,1-12H3,(H2,75,98)(H2,76,102)(H,80,105)(H,81,109)(H,82,107)(H,83,108)(H,84,104)(H,85,103)(H,86,110)(H,87,99)(H,88,106)(H,100,101)(H4,77,78,79)/t31-,32-,33-,43-,44-,45-,46-,47-,48-,49+,50+,54-,55-,56-,57-,58-,59-,60+,61+,71+,72+/m0/s1. The number of phenols is 1. The highest BCUT2D eigenvalue weighted by molar-refractivity contribution is 5.99. The molecule has 0 saturated carbocycles. The van der Waals surface area contributed by atoms with Crippen LogP contribution < -0.4 is 76.5 Å². The van der Waals surface area contributed by atoms with Crippen molar-refractivity contribution in [3.8, 4) is 5.75 Å². The Kier molecular flexibility index (Phi) is 43.3. The van der Waals surface area contributed by atoms with Crippen molar-refractivity contribution in [2.45, 2.75) is 250 Å². The molecule has 21 atom stereocenters. The molecule has 0 aromatic heterocycles. The molecule has 2 fully saturated rings. The van der Waals surface area contributed by atoms with Crippen molar-refractivity contribution >= 4 is 119 Å². The zero-order valence-electron chi connectivity index (χ0n) is 68.8. The number of carboxylic acid groups (broad SMARTS) is 1. The van der Waals surface area contributed by atoms with Gasteiger partial charge in [0.25, 0.3) is 0 Å². The van der Waals surface area contributed by atoms with Gasteiger partial charge in [0.1, 0.15) is 85.6 Å². The summed E-state index contributed by atoms with van der Waals surface area (Å²) in [6, 6.07) is -10.2. The molecule has 2 heterocycles. The van der Waals surface area contributed by atoms with E-state index in [1.54, 1.807) is 13.8 Å². The molecular weight excluding hydrogens is 1610 g/mol. The molecule has 0 spiro atoms. The van der Waals surface area contributed by atoms with Crippen molar-refractivity contribution in [1.29, 1.82) is 0 Å². The minimum absolute atomic E-state index is 0.0430. The number of primary amides is 2. The average Bonchev–Trinajstić information content (AvgIpc) is 0.764. The van der Waals surface area contributed by atoms with E-state index < -0.39 is 293 Å². The van der Waals surface area contributed by atoms with Gasteiger partial charge in [0.15, 0.2) is 49.1 Å². The smallest absolute Gasteiger partial charge is 0.305 e. The van der Waals surface area contributed by atoms with Crippen LogP contribution in [-0.4, -0.2) is 289 Å². The third-order valence-corrected chi connectivity index (χ3v) is 18.2. The maximum atomic E-state index is 15.4. The Balaban J connectivity index is 2.29. The van der Waals surface area contributed by atoms with Gasteiger partial charge in [-0.1, -0.05) is 52.7 Å². The third kappa shape index (κ3) is 35.8. The number of carbonyl (C=O) groups is 19. The van der Waals surface area contributed by atoms with E-state index in [2.05, 4.69) is 52.8 Å². The normalized spacial score (nSPS) is 21.2. The minimum atomic E-state index is -2.25. The molecule has 1 aromatic rings. The Hall–Kier alpha value is -12.0. The summed E-state index contributed by atoms with van der Waals surface area (Å²) in [7, 11) is 0. The third-order valence-electron chi connectivity index (χ3n) is 18.2. The van der Waals surface area contributed by atoms with Gasteiger partial charge in [-0.3, -0.25) is 96.1 Å². The van der Waals surface area contributed by atoms with E-state index in [-0.39, 0.29) is 50.4 Å². The predicted molar refractivity (Wildman–Crippen MR) is 409 cm³/mol. The zero-order chi connectivity index (χ0) is 91.4. The molecule has 3 rings (SSSR count). The highest BCUT2D eigenvalue weighted by atomic mass is 16.8.